The molecule has 9 heteroatoms. The summed E-state index contributed by atoms with van der Waals surface area (Å²) in [5.41, 5.74) is -1.81. The van der Waals surface area contributed by atoms with E-state index in [1.807, 2.05) is 0 Å². The molecule has 1 fully saturated rings. The van der Waals surface area contributed by atoms with E-state index in [0.29, 0.717) is 13.0 Å². The molecule has 0 aliphatic carbocycles. The lowest BCUT2D eigenvalue weighted by Crippen LogP contribution is -2.37. The van der Waals surface area contributed by atoms with Crippen LogP contribution in [0.15, 0.2) is 12.1 Å². The number of ether oxygens (including phenoxy) is 1. The largest absolute Gasteiger partial charge is 0.478 e. The number of carboxylic acids is 1. The van der Waals surface area contributed by atoms with E-state index in [-0.39, 0.29) is 29.4 Å². The number of carboxylic acid groups (broad SMARTS) is 1. The number of rotatable bonds is 5. The van der Waals surface area contributed by atoms with E-state index in [0.717, 1.165) is 12.1 Å². The van der Waals surface area contributed by atoms with Gasteiger partial charge in [-0.25, -0.2) is 4.79 Å². The fraction of sp³-hybridized carbons (Fsp3) is 0.417. The number of halogens is 1. The minimum absolute atomic E-state index is 0.0326. The van der Waals surface area contributed by atoms with Gasteiger partial charge in [0.05, 0.1) is 27.8 Å². The van der Waals surface area contributed by atoms with Gasteiger partial charge in [-0.1, -0.05) is 11.6 Å². The van der Waals surface area contributed by atoms with Crippen LogP contribution >= 0.6 is 11.6 Å². The lowest BCUT2D eigenvalue weighted by Gasteiger charge is -2.22. The van der Waals surface area contributed by atoms with Crippen molar-refractivity contribution < 1.29 is 24.7 Å². The van der Waals surface area contributed by atoms with Gasteiger partial charge in [0, 0.05) is 31.7 Å². The molecule has 0 spiro atoms. The Kier molecular flexibility index (Phi) is 4.31. The molecule has 0 saturated carbocycles. The van der Waals surface area contributed by atoms with Crippen LogP contribution in [0.4, 0.5) is 11.4 Å². The molecule has 1 saturated heterocycles. The van der Waals surface area contributed by atoms with E-state index in [9.17, 15) is 20.0 Å². The van der Waals surface area contributed by atoms with Crippen LogP contribution in [0.5, 0.6) is 0 Å². The van der Waals surface area contributed by atoms with Crippen LogP contribution < -0.4 is 5.32 Å². The second kappa shape index (κ2) is 5.84. The Morgan fingerprint density at radius 1 is 1.57 bits per heavy atom. The maximum Gasteiger partial charge on any atom is 0.338 e. The number of hydrogen-bond acceptors (Lipinski definition) is 6. The number of benzene rings is 1. The van der Waals surface area contributed by atoms with Gasteiger partial charge >= 0.3 is 5.97 Å². The van der Waals surface area contributed by atoms with Gasteiger partial charge in [0.25, 0.3) is 5.69 Å². The van der Waals surface area contributed by atoms with Crippen LogP contribution in [-0.2, 0) is 4.74 Å². The average Bonchev–Trinajstić information content (AvgIpc) is 2.83. The molecule has 1 aliphatic heterocycles. The Balaban J connectivity index is 2.29. The van der Waals surface area contributed by atoms with Crippen LogP contribution in [0.3, 0.4) is 0 Å². The maximum atomic E-state index is 11.2. The zero-order chi connectivity index (χ0) is 15.6. The van der Waals surface area contributed by atoms with Gasteiger partial charge < -0.3 is 20.3 Å². The predicted molar refractivity (Wildman–Crippen MR) is 73.9 cm³/mol. The van der Waals surface area contributed by atoms with Crippen LogP contribution in [0.2, 0.25) is 5.02 Å². The lowest BCUT2D eigenvalue weighted by molar-refractivity contribution is -0.384. The maximum absolute atomic E-state index is 11.2. The summed E-state index contributed by atoms with van der Waals surface area (Å²) >= 11 is 5.91. The Hall–Kier alpha value is -1.90. The lowest BCUT2D eigenvalue weighted by atomic mass is 10.0. The number of aliphatic hydroxyl groups is 1. The van der Waals surface area contributed by atoms with Gasteiger partial charge in [-0.3, -0.25) is 10.1 Å². The van der Waals surface area contributed by atoms with Crippen LogP contribution in [0.1, 0.15) is 16.8 Å². The monoisotopic (exact) mass is 316 g/mol. The Bertz CT molecular complexity index is 585. The number of nitrogens with zero attached hydrogens (tertiary/aromatic N) is 1. The van der Waals surface area contributed by atoms with Crippen molar-refractivity contribution in [3.63, 3.8) is 0 Å². The number of nitrogens with one attached hydrogen (secondary N) is 1. The molecule has 0 amide bonds. The summed E-state index contributed by atoms with van der Waals surface area (Å²) in [5.74, 6) is -1.35. The first kappa shape index (κ1) is 15.5. The highest BCUT2D eigenvalue weighted by atomic mass is 35.5. The number of nitro benzene ring substituents is 1. The number of carbonyl (C=O) groups is 1. The normalized spacial score (nSPS) is 21.2. The summed E-state index contributed by atoms with van der Waals surface area (Å²) in [4.78, 5) is 21.2. The van der Waals surface area contributed by atoms with E-state index >= 15 is 0 Å². The third kappa shape index (κ3) is 3.41. The van der Waals surface area contributed by atoms with Crippen molar-refractivity contribution >= 4 is 28.9 Å². The predicted octanol–water partition coefficient (Wildman–Crippen LogP) is 1.51. The van der Waals surface area contributed by atoms with Crippen molar-refractivity contribution in [1.29, 1.82) is 0 Å². The molecule has 1 heterocycles. The zero-order valence-electron chi connectivity index (χ0n) is 10.8. The number of non-ortho nitro benzene ring substituents is 1. The van der Waals surface area contributed by atoms with Crippen LogP contribution in [0, 0.1) is 10.1 Å². The first-order chi connectivity index (χ1) is 9.82. The molecular weight excluding hydrogens is 304 g/mol. The average molecular weight is 317 g/mol. The van der Waals surface area contributed by atoms with Gasteiger partial charge in [-0.15, -0.1) is 0 Å². The van der Waals surface area contributed by atoms with Crippen molar-refractivity contribution in [2.24, 2.45) is 0 Å². The van der Waals surface area contributed by atoms with E-state index < -0.39 is 22.2 Å². The molecule has 1 aromatic rings. The van der Waals surface area contributed by atoms with E-state index in [1.54, 1.807) is 0 Å². The highest BCUT2D eigenvalue weighted by Gasteiger charge is 2.32. The van der Waals surface area contributed by atoms with Gasteiger partial charge in [-0.2, -0.15) is 0 Å². The minimum atomic E-state index is -1.35. The van der Waals surface area contributed by atoms with Crippen molar-refractivity contribution in [1.82, 2.24) is 0 Å². The van der Waals surface area contributed by atoms with Crippen LogP contribution in [0.25, 0.3) is 0 Å². The summed E-state index contributed by atoms with van der Waals surface area (Å²) in [6.07, 6.45) is 0.410. The molecule has 1 aromatic carbocycles. The zero-order valence-corrected chi connectivity index (χ0v) is 11.6. The van der Waals surface area contributed by atoms with E-state index in [1.165, 1.54) is 0 Å². The molecule has 1 atom stereocenters. The second-order valence-corrected chi connectivity index (χ2v) is 5.20. The highest BCUT2D eigenvalue weighted by Crippen LogP contribution is 2.32. The number of anilines is 1. The fourth-order valence-electron chi connectivity index (χ4n) is 2.03. The molecule has 0 bridgehead atoms. The molecule has 1 aliphatic rings. The van der Waals surface area contributed by atoms with Gasteiger partial charge in [0.1, 0.15) is 5.60 Å². The standard InChI is InChI=1S/C12H13ClN2O6/c13-9-4-7(15(19)20)3-8(11(16)17)10(9)14-5-12(18)1-2-21-6-12/h3-4,14,18H,1-2,5-6H2,(H,16,17). The number of nitro groups is 1. The molecule has 21 heavy (non-hydrogen) atoms. The summed E-state index contributed by atoms with van der Waals surface area (Å²) in [6, 6.07) is 1.98. The molecule has 8 nitrogen and oxygen atoms in total. The fourth-order valence-corrected chi connectivity index (χ4v) is 2.32. The molecule has 1 unspecified atom stereocenters. The Morgan fingerprint density at radius 2 is 2.29 bits per heavy atom. The van der Waals surface area contributed by atoms with Crippen molar-refractivity contribution in [3.05, 3.63) is 32.8 Å². The van der Waals surface area contributed by atoms with Crippen LogP contribution in [-0.4, -0.2) is 46.5 Å². The molecule has 0 aromatic heterocycles. The topological polar surface area (TPSA) is 122 Å². The third-order valence-corrected chi connectivity index (χ3v) is 3.49. The Morgan fingerprint density at radius 3 is 2.81 bits per heavy atom. The highest BCUT2D eigenvalue weighted by molar-refractivity contribution is 6.34. The smallest absolute Gasteiger partial charge is 0.338 e. The minimum Gasteiger partial charge on any atom is -0.478 e. The van der Waals surface area contributed by atoms with Gasteiger partial charge in [-0.05, 0) is 0 Å². The molecule has 114 valence electrons. The van der Waals surface area contributed by atoms with E-state index in [4.69, 9.17) is 21.4 Å². The SMILES string of the molecule is O=C(O)c1cc([N+](=O)[O-])cc(Cl)c1NCC1(O)CCOC1. The summed E-state index contributed by atoms with van der Waals surface area (Å²) < 4.78 is 5.08. The van der Waals surface area contributed by atoms with Crippen molar-refractivity contribution in [2.45, 2.75) is 12.0 Å². The van der Waals surface area contributed by atoms with Gasteiger partial charge in [0.15, 0.2) is 0 Å². The summed E-state index contributed by atoms with van der Waals surface area (Å²) in [7, 11) is 0. The summed E-state index contributed by atoms with van der Waals surface area (Å²) in [6.45, 7) is 0.579. The number of aromatic carboxylic acids is 1. The molecule has 3 N–H and O–H groups in total. The van der Waals surface area contributed by atoms with Gasteiger partial charge in [0.2, 0.25) is 0 Å². The molecule has 0 radical (unpaired) electrons. The first-order valence-electron chi connectivity index (χ1n) is 6.08. The molecule has 2 rings (SSSR count). The quantitative estimate of drug-likeness (QED) is 0.556. The van der Waals surface area contributed by atoms with E-state index in [2.05, 4.69) is 5.32 Å². The molecular formula is C12H13ClN2O6. The third-order valence-electron chi connectivity index (χ3n) is 3.19. The van der Waals surface area contributed by atoms with Crippen molar-refractivity contribution in [3.8, 4) is 0 Å². The second-order valence-electron chi connectivity index (χ2n) is 4.79. The Labute approximate surface area is 124 Å². The number of hydrogen-bond donors (Lipinski definition) is 3. The summed E-state index contributed by atoms with van der Waals surface area (Å²) in [5, 5.41) is 32.7. The first-order valence-corrected chi connectivity index (χ1v) is 6.45. The van der Waals surface area contributed by atoms with Crippen molar-refractivity contribution in [2.75, 3.05) is 25.1 Å².